The average molecular weight is 535 g/mol. The number of pyridine rings is 1. The number of thiophene rings is 1. The van der Waals surface area contributed by atoms with E-state index in [1.165, 1.54) is 17.7 Å². The quantitative estimate of drug-likeness (QED) is 0.293. The number of anilines is 2. The van der Waals surface area contributed by atoms with E-state index < -0.39 is 6.09 Å². The highest BCUT2D eigenvalue weighted by Gasteiger charge is 2.25. The molecule has 4 aromatic rings. The van der Waals surface area contributed by atoms with Crippen LogP contribution < -0.4 is 20.7 Å². The molecule has 2 atom stereocenters. The molecule has 1 aromatic carbocycles. The lowest BCUT2D eigenvalue weighted by atomic mass is 10.2. The van der Waals surface area contributed by atoms with Crippen molar-refractivity contribution in [3.05, 3.63) is 64.9 Å². The molecule has 11 heteroatoms. The van der Waals surface area contributed by atoms with Crippen molar-refractivity contribution in [1.29, 1.82) is 0 Å². The Labute approximate surface area is 222 Å². The zero-order valence-electron chi connectivity index (χ0n) is 19.8. The predicted octanol–water partition coefficient (Wildman–Crippen LogP) is 5.10. The Morgan fingerprint density at radius 3 is 2.97 bits per heavy atom. The second-order valence-corrected chi connectivity index (χ2v) is 9.55. The van der Waals surface area contributed by atoms with Crippen LogP contribution in [-0.4, -0.2) is 46.3 Å². The van der Waals surface area contributed by atoms with Gasteiger partial charge in [-0.2, -0.15) is 0 Å². The van der Waals surface area contributed by atoms with Gasteiger partial charge in [-0.25, -0.2) is 19.7 Å². The number of hydrogen-bond donors (Lipinski definition) is 3. The molecule has 1 saturated heterocycles. The Kier molecular flexibility index (Phi) is 7.65. The van der Waals surface area contributed by atoms with Gasteiger partial charge in [0.25, 0.3) is 0 Å². The van der Waals surface area contributed by atoms with Crippen molar-refractivity contribution in [1.82, 2.24) is 25.6 Å². The molecule has 0 saturated carbocycles. The van der Waals surface area contributed by atoms with Gasteiger partial charge >= 0.3 is 6.09 Å². The first-order chi connectivity index (χ1) is 18.1. The lowest BCUT2D eigenvalue weighted by molar-refractivity contribution is 0.107. The number of nitrogens with zero attached hydrogens (tertiary/aromatic N) is 3. The van der Waals surface area contributed by atoms with E-state index in [-0.39, 0.29) is 12.1 Å². The molecule has 0 radical (unpaired) electrons. The molecule has 0 spiro atoms. The molecule has 4 heterocycles. The summed E-state index contributed by atoms with van der Waals surface area (Å²) in [6, 6.07) is 12.7. The molecule has 3 aromatic heterocycles. The molecular weight excluding hydrogens is 512 g/mol. The van der Waals surface area contributed by atoms with Gasteiger partial charge in [-0.3, -0.25) is 5.32 Å². The smallest absolute Gasteiger partial charge is 0.407 e. The van der Waals surface area contributed by atoms with Gasteiger partial charge in [-0.1, -0.05) is 29.5 Å². The summed E-state index contributed by atoms with van der Waals surface area (Å²) in [7, 11) is 0. The highest BCUT2D eigenvalue weighted by Crippen LogP contribution is 2.34. The number of rotatable bonds is 6. The molecule has 0 aliphatic carbocycles. The van der Waals surface area contributed by atoms with E-state index in [4.69, 9.17) is 21.1 Å². The fraction of sp³-hybridized carbons (Fsp3) is 0.231. The summed E-state index contributed by atoms with van der Waals surface area (Å²) in [6.45, 7) is 2.97. The van der Waals surface area contributed by atoms with Crippen LogP contribution in [0, 0.1) is 11.8 Å². The minimum absolute atomic E-state index is 0.0534. The Bertz CT molecular complexity index is 1470. The summed E-state index contributed by atoms with van der Waals surface area (Å²) in [4.78, 5) is 26.3. The summed E-state index contributed by atoms with van der Waals surface area (Å²) < 4.78 is 11.1. The number of carbonyl (C=O) groups is 1. The predicted molar refractivity (Wildman–Crippen MR) is 144 cm³/mol. The van der Waals surface area contributed by atoms with Gasteiger partial charge in [0, 0.05) is 37.5 Å². The van der Waals surface area contributed by atoms with Gasteiger partial charge in [0.15, 0.2) is 0 Å². The van der Waals surface area contributed by atoms with E-state index in [2.05, 4.69) is 42.7 Å². The molecule has 37 heavy (non-hydrogen) atoms. The van der Waals surface area contributed by atoms with Crippen molar-refractivity contribution in [3.8, 4) is 23.5 Å². The highest BCUT2D eigenvalue weighted by molar-refractivity contribution is 7.19. The van der Waals surface area contributed by atoms with E-state index in [9.17, 15) is 4.79 Å². The summed E-state index contributed by atoms with van der Waals surface area (Å²) in [6.07, 6.45) is 3.22. The maximum Gasteiger partial charge on any atom is 0.407 e. The maximum absolute atomic E-state index is 11.6. The molecule has 3 N–H and O–H groups in total. The van der Waals surface area contributed by atoms with Crippen LogP contribution >= 0.6 is 22.9 Å². The average Bonchev–Trinajstić information content (AvgIpc) is 3.52. The van der Waals surface area contributed by atoms with Crippen LogP contribution in [0.5, 0.6) is 11.6 Å². The first kappa shape index (κ1) is 24.8. The number of carbonyl (C=O) groups excluding carboxylic acids is 1. The van der Waals surface area contributed by atoms with Crippen molar-refractivity contribution in [3.63, 3.8) is 0 Å². The Morgan fingerprint density at radius 2 is 2.16 bits per heavy atom. The molecule has 0 bridgehead atoms. The molecular formula is C26H23ClN6O3S. The molecule has 5 rings (SSSR count). The van der Waals surface area contributed by atoms with Crippen LogP contribution in [0.15, 0.2) is 55.0 Å². The van der Waals surface area contributed by atoms with Crippen LogP contribution in [0.3, 0.4) is 0 Å². The van der Waals surface area contributed by atoms with Crippen molar-refractivity contribution in [2.75, 3.05) is 18.4 Å². The SMILES string of the molecule is CCNC(=O)O[C@H]1CN[C@@H](C#Cc2cc3c(Nc4ccc(Oc5ccccn5)c(Cl)c4)ncnc3s2)C1. The van der Waals surface area contributed by atoms with Crippen LogP contribution in [0.25, 0.3) is 10.2 Å². The minimum atomic E-state index is -0.400. The molecule has 1 aliphatic heterocycles. The van der Waals surface area contributed by atoms with Crippen molar-refractivity contribution in [2.45, 2.75) is 25.5 Å². The Hall–Kier alpha value is -3.91. The fourth-order valence-corrected chi connectivity index (χ4v) is 4.81. The Morgan fingerprint density at radius 1 is 1.24 bits per heavy atom. The third kappa shape index (κ3) is 6.27. The lowest BCUT2D eigenvalue weighted by Gasteiger charge is -2.10. The van der Waals surface area contributed by atoms with E-state index in [0.717, 1.165) is 20.8 Å². The van der Waals surface area contributed by atoms with Gasteiger partial charge in [0.1, 0.15) is 28.8 Å². The summed E-state index contributed by atoms with van der Waals surface area (Å²) >= 11 is 7.94. The number of halogens is 1. The first-order valence-electron chi connectivity index (χ1n) is 11.7. The monoisotopic (exact) mass is 534 g/mol. The van der Waals surface area contributed by atoms with E-state index in [1.807, 2.05) is 31.2 Å². The highest BCUT2D eigenvalue weighted by atomic mass is 35.5. The molecule has 1 aliphatic rings. The molecule has 188 valence electrons. The van der Waals surface area contributed by atoms with Crippen LogP contribution in [0.4, 0.5) is 16.3 Å². The van der Waals surface area contributed by atoms with Crippen molar-refractivity contribution in [2.24, 2.45) is 0 Å². The number of nitrogens with one attached hydrogen (secondary N) is 3. The topological polar surface area (TPSA) is 110 Å². The van der Waals surface area contributed by atoms with Crippen molar-refractivity contribution < 1.29 is 14.3 Å². The fourth-order valence-electron chi connectivity index (χ4n) is 3.73. The van der Waals surface area contributed by atoms with Gasteiger partial charge < -0.3 is 20.1 Å². The maximum atomic E-state index is 11.6. The number of fused-ring (bicyclic) bond motifs is 1. The number of aromatic nitrogens is 3. The minimum Gasteiger partial charge on any atom is -0.445 e. The molecule has 9 nitrogen and oxygen atoms in total. The lowest BCUT2D eigenvalue weighted by Crippen LogP contribution is -2.29. The van der Waals surface area contributed by atoms with Crippen LogP contribution in [-0.2, 0) is 4.74 Å². The Balaban J connectivity index is 1.27. The van der Waals surface area contributed by atoms with Gasteiger partial charge in [-0.05, 0) is 37.3 Å². The summed E-state index contributed by atoms with van der Waals surface area (Å²) in [5.74, 6) is 8.07. The number of benzene rings is 1. The number of alkyl carbamates (subject to hydrolysis) is 1. The molecule has 1 amide bonds. The third-order valence-electron chi connectivity index (χ3n) is 5.43. The zero-order valence-corrected chi connectivity index (χ0v) is 21.4. The molecule has 1 fully saturated rings. The molecule has 0 unspecified atom stereocenters. The number of ether oxygens (including phenoxy) is 2. The van der Waals surface area contributed by atoms with Gasteiger partial charge in [0.2, 0.25) is 5.88 Å². The normalized spacial score (nSPS) is 16.6. The third-order valence-corrected chi connectivity index (χ3v) is 6.69. The largest absolute Gasteiger partial charge is 0.445 e. The van der Waals surface area contributed by atoms with Gasteiger partial charge in [-0.15, -0.1) is 11.3 Å². The summed E-state index contributed by atoms with van der Waals surface area (Å²) in [5, 5.41) is 10.5. The number of hydrogen-bond acceptors (Lipinski definition) is 9. The van der Waals surface area contributed by atoms with E-state index in [1.54, 1.807) is 24.4 Å². The van der Waals surface area contributed by atoms with Gasteiger partial charge in [0.05, 0.1) is 21.3 Å². The van der Waals surface area contributed by atoms with Crippen LogP contribution in [0.1, 0.15) is 18.2 Å². The summed E-state index contributed by atoms with van der Waals surface area (Å²) in [5.41, 5.74) is 0.755. The van der Waals surface area contributed by atoms with E-state index in [0.29, 0.717) is 42.0 Å². The van der Waals surface area contributed by atoms with Crippen molar-refractivity contribution >= 4 is 50.8 Å². The van der Waals surface area contributed by atoms with E-state index >= 15 is 0 Å². The second kappa shape index (κ2) is 11.4. The zero-order chi connectivity index (χ0) is 25.6. The standard InChI is InChI=1S/C26H23ClN6O3S/c1-2-28-26(34)35-18-11-16(30-14-18)6-8-19-13-20-24(31-15-32-25(20)37-19)33-17-7-9-22(21(27)12-17)36-23-5-3-4-10-29-23/h3-5,7,9-10,12-13,15-16,18,30H,2,11,14H2,1H3,(H,28,34)(H,31,32,33)/t16-,18+/m0/s1. The second-order valence-electron chi connectivity index (χ2n) is 8.12. The van der Waals surface area contributed by atoms with Crippen LogP contribution in [0.2, 0.25) is 5.02 Å². The number of amides is 1. The first-order valence-corrected chi connectivity index (χ1v) is 12.9.